The topological polar surface area (TPSA) is 48.7 Å². The van der Waals surface area contributed by atoms with E-state index in [0.717, 1.165) is 5.39 Å². The van der Waals surface area contributed by atoms with Crippen LogP contribution in [0.1, 0.15) is 0 Å². The lowest BCUT2D eigenvalue weighted by Gasteiger charge is -2.12. The van der Waals surface area contributed by atoms with Gasteiger partial charge in [-0.3, -0.25) is 0 Å². The second kappa shape index (κ2) is 6.76. The molecule has 0 aliphatic carbocycles. The largest absolute Gasteiger partial charge is 0.497 e. The van der Waals surface area contributed by atoms with Crippen molar-refractivity contribution in [2.45, 2.75) is 0 Å². The zero-order chi connectivity index (χ0) is 17.9. The van der Waals surface area contributed by atoms with Crippen LogP contribution in [0.2, 0.25) is 0 Å². The van der Waals surface area contributed by atoms with Crippen molar-refractivity contribution >= 4 is 10.8 Å². The van der Waals surface area contributed by atoms with E-state index in [-0.39, 0.29) is 5.63 Å². The highest BCUT2D eigenvalue weighted by Crippen LogP contribution is 2.36. The van der Waals surface area contributed by atoms with Gasteiger partial charge in [0.05, 0.1) is 18.1 Å². The molecule has 4 rings (SSSR count). The first-order valence-corrected chi connectivity index (χ1v) is 8.19. The second-order valence-electron chi connectivity index (χ2n) is 5.76. The molecule has 0 unspecified atom stereocenters. The van der Waals surface area contributed by atoms with Crippen molar-refractivity contribution in [3.8, 4) is 28.6 Å². The van der Waals surface area contributed by atoms with Gasteiger partial charge >= 0.3 is 5.63 Å². The maximum atomic E-state index is 12.3. The average molecular weight is 344 g/mol. The lowest BCUT2D eigenvalue weighted by Crippen LogP contribution is -2.00. The fourth-order valence-electron chi connectivity index (χ4n) is 2.80. The van der Waals surface area contributed by atoms with E-state index in [9.17, 15) is 4.79 Å². The highest BCUT2D eigenvalue weighted by molar-refractivity contribution is 5.85. The highest BCUT2D eigenvalue weighted by Gasteiger charge is 2.14. The molecule has 0 saturated heterocycles. The third kappa shape index (κ3) is 3.05. The molecule has 0 amide bonds. The summed E-state index contributed by atoms with van der Waals surface area (Å²) >= 11 is 0. The Balaban J connectivity index is 1.87. The van der Waals surface area contributed by atoms with Crippen molar-refractivity contribution in [2.24, 2.45) is 0 Å². The van der Waals surface area contributed by atoms with E-state index in [4.69, 9.17) is 13.9 Å². The monoisotopic (exact) mass is 344 g/mol. The van der Waals surface area contributed by atoms with Crippen LogP contribution < -0.4 is 15.1 Å². The first kappa shape index (κ1) is 16.0. The van der Waals surface area contributed by atoms with E-state index < -0.39 is 0 Å². The minimum Gasteiger partial charge on any atom is -0.497 e. The van der Waals surface area contributed by atoms with Crippen molar-refractivity contribution in [1.82, 2.24) is 0 Å². The SMILES string of the molecule is COc1ccc(-c2cc3ccccc3c(=O)o2)c(Oc2ccccc2)c1. The van der Waals surface area contributed by atoms with Crippen LogP contribution in [0.15, 0.2) is 88.1 Å². The normalized spacial score (nSPS) is 10.7. The number of benzene rings is 3. The molecular weight excluding hydrogens is 328 g/mol. The van der Waals surface area contributed by atoms with Crippen molar-refractivity contribution in [3.05, 3.63) is 89.3 Å². The number of ether oxygens (including phenoxy) is 2. The molecule has 4 nitrogen and oxygen atoms in total. The molecule has 0 aliphatic rings. The Morgan fingerprint density at radius 1 is 0.808 bits per heavy atom. The summed E-state index contributed by atoms with van der Waals surface area (Å²) in [4.78, 5) is 12.3. The number of hydrogen-bond acceptors (Lipinski definition) is 4. The third-order valence-electron chi connectivity index (χ3n) is 4.10. The molecule has 26 heavy (non-hydrogen) atoms. The summed E-state index contributed by atoms with van der Waals surface area (Å²) in [5.41, 5.74) is 0.303. The van der Waals surface area contributed by atoms with Crippen LogP contribution in [-0.2, 0) is 0 Å². The maximum absolute atomic E-state index is 12.3. The van der Waals surface area contributed by atoms with E-state index >= 15 is 0 Å². The number of para-hydroxylation sites is 1. The molecule has 4 aromatic rings. The predicted molar refractivity (Wildman–Crippen MR) is 101 cm³/mol. The van der Waals surface area contributed by atoms with Crippen molar-refractivity contribution in [3.63, 3.8) is 0 Å². The summed E-state index contributed by atoms with van der Waals surface area (Å²) in [5, 5.41) is 1.37. The lowest BCUT2D eigenvalue weighted by atomic mass is 10.1. The van der Waals surface area contributed by atoms with Crippen LogP contribution in [0, 0.1) is 0 Å². The summed E-state index contributed by atoms with van der Waals surface area (Å²) in [6.45, 7) is 0. The summed E-state index contributed by atoms with van der Waals surface area (Å²) in [6, 6.07) is 24.0. The summed E-state index contributed by atoms with van der Waals surface area (Å²) in [5.74, 6) is 2.34. The number of rotatable bonds is 4. The molecule has 0 bridgehead atoms. The van der Waals surface area contributed by atoms with Crippen molar-refractivity contribution in [1.29, 1.82) is 0 Å². The van der Waals surface area contributed by atoms with Gasteiger partial charge in [-0.25, -0.2) is 4.79 Å². The lowest BCUT2D eigenvalue weighted by molar-refractivity contribution is 0.409. The van der Waals surface area contributed by atoms with Gasteiger partial charge in [0.1, 0.15) is 23.0 Å². The zero-order valence-electron chi connectivity index (χ0n) is 14.1. The number of fused-ring (bicyclic) bond motifs is 1. The number of methoxy groups -OCH3 is 1. The van der Waals surface area contributed by atoms with Crippen LogP contribution in [0.25, 0.3) is 22.1 Å². The second-order valence-corrected chi connectivity index (χ2v) is 5.76. The van der Waals surface area contributed by atoms with E-state index in [1.165, 1.54) is 0 Å². The van der Waals surface area contributed by atoms with Gasteiger partial charge in [-0.05, 0) is 41.8 Å². The van der Waals surface area contributed by atoms with E-state index in [1.54, 1.807) is 19.2 Å². The molecule has 0 fully saturated rings. The van der Waals surface area contributed by atoms with Crippen LogP contribution in [-0.4, -0.2) is 7.11 Å². The third-order valence-corrected chi connectivity index (χ3v) is 4.10. The number of hydrogen-bond donors (Lipinski definition) is 0. The Hall–Kier alpha value is -3.53. The summed E-state index contributed by atoms with van der Waals surface area (Å²) < 4.78 is 16.9. The molecule has 0 aliphatic heterocycles. The van der Waals surface area contributed by atoms with Gasteiger partial charge in [0.2, 0.25) is 0 Å². The molecule has 1 heterocycles. The molecule has 0 radical (unpaired) electrons. The van der Waals surface area contributed by atoms with Crippen LogP contribution in [0.4, 0.5) is 0 Å². The molecule has 0 atom stereocenters. The quantitative estimate of drug-likeness (QED) is 0.506. The Morgan fingerprint density at radius 2 is 1.58 bits per heavy atom. The molecular formula is C22H16O4. The molecule has 0 saturated carbocycles. The molecule has 1 aromatic heterocycles. The smallest absolute Gasteiger partial charge is 0.344 e. The first-order valence-electron chi connectivity index (χ1n) is 8.19. The minimum absolute atomic E-state index is 0.375. The van der Waals surface area contributed by atoms with Crippen LogP contribution in [0.3, 0.4) is 0 Å². The van der Waals surface area contributed by atoms with Crippen molar-refractivity contribution in [2.75, 3.05) is 7.11 Å². The van der Waals surface area contributed by atoms with Gasteiger partial charge in [-0.2, -0.15) is 0 Å². The van der Waals surface area contributed by atoms with Gasteiger partial charge in [0.25, 0.3) is 0 Å². The molecule has 0 N–H and O–H groups in total. The molecule has 0 spiro atoms. The highest BCUT2D eigenvalue weighted by atomic mass is 16.5. The van der Waals surface area contributed by atoms with E-state index in [0.29, 0.717) is 34.0 Å². The van der Waals surface area contributed by atoms with E-state index in [2.05, 4.69) is 0 Å². The van der Waals surface area contributed by atoms with Crippen molar-refractivity contribution < 1.29 is 13.9 Å². The first-order chi connectivity index (χ1) is 12.7. The molecule has 4 heteroatoms. The zero-order valence-corrected chi connectivity index (χ0v) is 14.1. The Bertz CT molecular complexity index is 1110. The van der Waals surface area contributed by atoms with Gasteiger partial charge in [0.15, 0.2) is 0 Å². The standard InChI is InChI=1S/C22H16O4/c1-24-17-11-12-19(21(14-17)25-16-8-3-2-4-9-16)20-13-15-7-5-6-10-18(15)22(23)26-20/h2-14H,1H3. The fraction of sp³-hybridized carbons (Fsp3) is 0.0455. The van der Waals surface area contributed by atoms with Gasteiger partial charge in [-0.15, -0.1) is 0 Å². The Labute approximate surface area is 150 Å². The van der Waals surface area contributed by atoms with Gasteiger partial charge in [-0.1, -0.05) is 36.4 Å². The summed E-state index contributed by atoms with van der Waals surface area (Å²) in [7, 11) is 1.59. The fourth-order valence-corrected chi connectivity index (χ4v) is 2.80. The van der Waals surface area contributed by atoms with Gasteiger partial charge in [0, 0.05) is 6.07 Å². The predicted octanol–water partition coefficient (Wildman–Crippen LogP) is 5.26. The Morgan fingerprint density at radius 3 is 2.38 bits per heavy atom. The van der Waals surface area contributed by atoms with Crippen LogP contribution in [0.5, 0.6) is 17.2 Å². The summed E-state index contributed by atoms with van der Waals surface area (Å²) in [6.07, 6.45) is 0. The Kier molecular flexibility index (Phi) is 4.15. The molecule has 3 aromatic carbocycles. The molecule has 128 valence electrons. The minimum atomic E-state index is -0.375. The van der Waals surface area contributed by atoms with E-state index in [1.807, 2.05) is 66.7 Å². The average Bonchev–Trinajstić information content (AvgIpc) is 2.68. The van der Waals surface area contributed by atoms with Gasteiger partial charge < -0.3 is 13.9 Å². The maximum Gasteiger partial charge on any atom is 0.344 e. The van der Waals surface area contributed by atoms with Crippen LogP contribution >= 0.6 is 0 Å².